The summed E-state index contributed by atoms with van der Waals surface area (Å²) in [5.74, 6) is 29.4. The molecule has 0 spiro atoms. The molecular weight excluding hydrogens is 502 g/mol. The van der Waals surface area contributed by atoms with Crippen LogP contribution in [0.1, 0.15) is 115 Å². The number of carbonyl (C=O) groups is 2. The van der Waals surface area contributed by atoms with Crippen LogP contribution < -0.4 is 6.15 Å². The standard InChI is InChI=1S/C34H38O5.H3N.13H2/c1-3-5-7-9-11-13-15-17-19-21-23-25-27-29-34(37)39-32(30-35)31-38-33(36)28-26-24-22-20-18-16-14-12-10-8-6-4-2;;;;;;;;;;;;;;/h2,32,35H,3,5,7,9,11,13,15,17,19,21,23,25,27,29-31H2,1H3;1H3;13*1H/t32-;;;;;;;;;;;;;;/m1............../s1. The molecule has 0 saturated carbocycles. The van der Waals surface area contributed by atoms with Gasteiger partial charge in [-0.1, -0.05) is 84.0 Å². The predicted octanol–water partition coefficient (Wildman–Crippen LogP) is 7.93. The van der Waals surface area contributed by atoms with Crippen molar-refractivity contribution in [1.29, 1.82) is 0 Å². The van der Waals surface area contributed by atoms with Crippen molar-refractivity contribution in [1.82, 2.24) is 6.15 Å². The average Bonchev–Trinajstić information content (AvgIpc) is 2.94. The van der Waals surface area contributed by atoms with Crippen LogP contribution in [-0.4, -0.2) is 36.4 Å². The molecule has 0 aliphatic carbocycles. The SMILES string of the molecule is C#CC#CC#CC#CC#CC#CC#CC(=O)OC[C@@H](CO)OC(=O)CCCCCCCCCCCCCCC.N.[HH].[HH].[HH].[HH].[HH].[HH].[HH].[HH].[HH].[HH].[HH].[HH].[HH]. The predicted molar refractivity (Wildman–Crippen MR) is 186 cm³/mol. The first-order chi connectivity index (χ1) is 19.1. The van der Waals surface area contributed by atoms with Crippen LogP contribution in [0.4, 0.5) is 0 Å². The Morgan fingerprint density at radius 3 is 1.57 bits per heavy atom. The summed E-state index contributed by atoms with van der Waals surface area (Å²) in [6.07, 6.45) is 20.2. The van der Waals surface area contributed by atoms with Gasteiger partial charge in [0, 0.05) is 30.9 Å². The number of hydrogen-bond acceptors (Lipinski definition) is 6. The van der Waals surface area contributed by atoms with Crippen LogP contribution in [0.25, 0.3) is 0 Å². The van der Waals surface area contributed by atoms with Crippen LogP contribution in [0.2, 0.25) is 0 Å². The van der Waals surface area contributed by atoms with Crippen molar-refractivity contribution in [2.45, 2.75) is 103 Å². The number of rotatable bonds is 18. The lowest BCUT2D eigenvalue weighted by atomic mass is 10.0. The lowest BCUT2D eigenvalue weighted by Gasteiger charge is -2.14. The summed E-state index contributed by atoms with van der Waals surface area (Å²) in [6.45, 7) is 1.50. The molecule has 0 aromatic rings. The maximum absolute atomic E-state index is 12.0. The summed E-state index contributed by atoms with van der Waals surface area (Å²) in [5, 5.41) is 9.38. The van der Waals surface area contributed by atoms with Crippen LogP contribution in [-0.2, 0) is 19.1 Å². The highest BCUT2D eigenvalue weighted by molar-refractivity contribution is 5.89. The van der Waals surface area contributed by atoms with Crippen molar-refractivity contribution in [2.24, 2.45) is 0 Å². The largest absolute Gasteiger partial charge is 0.456 e. The molecule has 0 bridgehead atoms. The highest BCUT2D eigenvalue weighted by Gasteiger charge is 2.15. The number of terminal acetylenes is 1. The molecule has 0 fully saturated rings. The summed E-state index contributed by atoms with van der Waals surface area (Å²) in [4.78, 5) is 23.7. The molecule has 0 unspecified atom stereocenters. The zero-order chi connectivity index (χ0) is 28.7. The van der Waals surface area contributed by atoms with E-state index in [1.54, 1.807) is 0 Å². The first kappa shape index (κ1) is 37.9. The first-order valence-electron chi connectivity index (χ1n) is 13.6. The van der Waals surface area contributed by atoms with Crippen molar-refractivity contribution >= 4 is 11.9 Å². The summed E-state index contributed by atoms with van der Waals surface area (Å²) in [7, 11) is 0. The van der Waals surface area contributed by atoms with E-state index in [0.717, 1.165) is 19.3 Å². The van der Waals surface area contributed by atoms with Crippen LogP contribution in [0, 0.1) is 83.4 Å². The van der Waals surface area contributed by atoms with Gasteiger partial charge in [0.2, 0.25) is 0 Å². The lowest BCUT2D eigenvalue weighted by Crippen LogP contribution is -2.28. The molecule has 0 aliphatic rings. The topological polar surface area (TPSA) is 108 Å². The fourth-order valence-electron chi connectivity index (χ4n) is 3.26. The molecule has 0 saturated heterocycles. The van der Waals surface area contributed by atoms with E-state index in [0.29, 0.717) is 0 Å². The van der Waals surface area contributed by atoms with E-state index < -0.39 is 24.6 Å². The number of unbranched alkanes of at least 4 members (excludes halogenated alkanes) is 12. The Bertz CT molecular complexity index is 1180. The maximum Gasteiger partial charge on any atom is 0.385 e. The van der Waals surface area contributed by atoms with Crippen molar-refractivity contribution in [2.75, 3.05) is 13.2 Å². The van der Waals surface area contributed by atoms with E-state index in [9.17, 15) is 14.7 Å². The molecule has 0 radical (unpaired) electrons. The molecule has 0 heterocycles. The van der Waals surface area contributed by atoms with Gasteiger partial charge in [0.1, 0.15) is 6.61 Å². The fourth-order valence-corrected chi connectivity index (χ4v) is 3.26. The number of aliphatic hydroxyl groups is 1. The van der Waals surface area contributed by atoms with Gasteiger partial charge < -0.3 is 20.7 Å². The summed E-state index contributed by atoms with van der Waals surface area (Å²) >= 11 is 0. The Balaban J connectivity index is -0.0000000793. The maximum atomic E-state index is 12.0. The Hall–Kier alpha value is -4.22. The second-order valence-corrected chi connectivity index (χ2v) is 8.53. The number of carbonyl (C=O) groups excluding carboxylic acids is 2. The summed E-state index contributed by atoms with van der Waals surface area (Å²) < 4.78 is 10.1. The molecule has 0 aliphatic heterocycles. The summed E-state index contributed by atoms with van der Waals surface area (Å²) in [6, 6.07) is 0. The van der Waals surface area contributed by atoms with Gasteiger partial charge in [0.05, 0.1) is 6.61 Å². The number of hydrogen-bond donors (Lipinski definition) is 2. The number of aliphatic hydroxyl groups excluding tert-OH is 1. The fraction of sp³-hybridized carbons (Fsp3) is 0.529. The molecular formula is C34H67NO5. The minimum absolute atomic E-state index is 0. The molecule has 40 heavy (non-hydrogen) atoms. The zero-order valence-electron chi connectivity index (χ0n) is 23.8. The smallest absolute Gasteiger partial charge is 0.385 e. The molecule has 0 aromatic carbocycles. The molecule has 1 atom stereocenters. The first-order valence-corrected chi connectivity index (χ1v) is 13.6. The minimum atomic E-state index is -0.929. The number of ether oxygens (including phenoxy) is 2. The number of esters is 2. The third-order valence-corrected chi connectivity index (χ3v) is 5.25. The molecule has 0 rings (SSSR count). The van der Waals surface area contributed by atoms with Gasteiger partial charge in [-0.3, -0.25) is 4.79 Å². The van der Waals surface area contributed by atoms with E-state index in [-0.39, 0.29) is 37.7 Å². The molecule has 0 amide bonds. The van der Waals surface area contributed by atoms with E-state index in [2.05, 4.69) is 83.9 Å². The molecule has 4 N–H and O–H groups in total. The lowest BCUT2D eigenvalue weighted by molar-refractivity contribution is -0.159. The minimum Gasteiger partial charge on any atom is -0.456 e. The molecule has 6 heteroatoms. The third kappa shape index (κ3) is 28.4. The van der Waals surface area contributed by atoms with Crippen LogP contribution in [0.3, 0.4) is 0 Å². The van der Waals surface area contributed by atoms with Gasteiger partial charge >= 0.3 is 11.9 Å². The second kappa shape index (κ2) is 31.0. The Morgan fingerprint density at radius 1 is 0.700 bits per heavy atom. The average molecular weight is 570 g/mol. The highest BCUT2D eigenvalue weighted by atomic mass is 16.6. The zero-order valence-corrected chi connectivity index (χ0v) is 23.8. The van der Waals surface area contributed by atoms with Crippen molar-refractivity contribution in [3.63, 3.8) is 0 Å². The quantitative estimate of drug-likeness (QED) is 0.0751. The van der Waals surface area contributed by atoms with Gasteiger partial charge in [0.15, 0.2) is 6.10 Å². The van der Waals surface area contributed by atoms with Gasteiger partial charge in [-0.15, -0.1) is 6.42 Å². The highest BCUT2D eigenvalue weighted by Crippen LogP contribution is 2.13. The third-order valence-electron chi connectivity index (χ3n) is 5.25. The van der Waals surface area contributed by atoms with Crippen LogP contribution in [0.5, 0.6) is 0 Å². The van der Waals surface area contributed by atoms with Gasteiger partial charge in [0.25, 0.3) is 0 Å². The Morgan fingerprint density at radius 2 is 1.12 bits per heavy atom. The van der Waals surface area contributed by atoms with Crippen molar-refractivity contribution < 1.29 is 42.7 Å². The van der Waals surface area contributed by atoms with Crippen molar-refractivity contribution in [3.8, 4) is 83.4 Å². The van der Waals surface area contributed by atoms with E-state index in [1.807, 2.05) is 0 Å². The second-order valence-electron chi connectivity index (χ2n) is 8.53. The Labute approximate surface area is 261 Å². The monoisotopic (exact) mass is 570 g/mol. The van der Waals surface area contributed by atoms with E-state index in [1.165, 1.54) is 64.2 Å². The van der Waals surface area contributed by atoms with Gasteiger partial charge in [-0.05, 0) is 77.5 Å². The van der Waals surface area contributed by atoms with Gasteiger partial charge in [-0.2, -0.15) is 0 Å². The van der Waals surface area contributed by atoms with Crippen molar-refractivity contribution in [3.05, 3.63) is 0 Å². The molecule has 0 aromatic heterocycles. The Kier molecular flexibility index (Phi) is 29.4. The van der Waals surface area contributed by atoms with Gasteiger partial charge in [-0.25, -0.2) is 4.79 Å². The molecule has 238 valence electrons. The summed E-state index contributed by atoms with van der Waals surface area (Å²) in [5.41, 5.74) is 0. The normalized spacial score (nSPS) is 9.03. The van der Waals surface area contributed by atoms with Crippen LogP contribution in [0.15, 0.2) is 0 Å². The van der Waals surface area contributed by atoms with E-state index >= 15 is 0 Å². The van der Waals surface area contributed by atoms with E-state index in [4.69, 9.17) is 15.9 Å². The molecule has 6 nitrogen and oxygen atoms in total. The van der Waals surface area contributed by atoms with Crippen LogP contribution >= 0.6 is 0 Å².